The molecular weight excluding hydrogens is 538 g/mol. The van der Waals surface area contributed by atoms with E-state index in [2.05, 4.69) is 59.5 Å². The maximum absolute atomic E-state index is 12.5. The number of rotatable bonds is 16. The number of carbonyl (C=O) groups excluding carboxylic acids is 2. The minimum atomic E-state index is -0.356. The van der Waals surface area contributed by atoms with Gasteiger partial charge in [0.05, 0.1) is 12.7 Å². The molecule has 0 heterocycles. The highest BCUT2D eigenvalue weighted by atomic mass is 16.5. The number of ether oxygens (including phenoxy) is 3. The first-order valence-electron chi connectivity index (χ1n) is 14.6. The van der Waals surface area contributed by atoms with E-state index in [0.717, 1.165) is 35.3 Å². The molecule has 6 nitrogen and oxygen atoms in total. The van der Waals surface area contributed by atoms with E-state index in [-0.39, 0.29) is 18.7 Å². The summed E-state index contributed by atoms with van der Waals surface area (Å²) < 4.78 is 16.6. The van der Waals surface area contributed by atoms with Gasteiger partial charge in [-0.3, -0.25) is 9.69 Å². The number of methoxy groups -OCH3 is 1. The molecule has 6 heteroatoms. The Bertz CT molecular complexity index is 1440. The number of nitrogens with zero attached hydrogens (tertiary/aromatic N) is 1. The number of unbranched alkanes of at least 4 members (excludes halogenated alkanes) is 1. The van der Waals surface area contributed by atoms with Gasteiger partial charge in [-0.1, -0.05) is 103 Å². The molecule has 0 aliphatic heterocycles. The van der Waals surface area contributed by atoms with Crippen molar-refractivity contribution in [2.45, 2.75) is 32.3 Å². The first-order chi connectivity index (χ1) is 21.1. The normalized spacial score (nSPS) is 11.0. The Hall–Kier alpha value is -4.68. The molecule has 0 radical (unpaired) electrons. The lowest BCUT2D eigenvalue weighted by Crippen LogP contribution is -2.31. The Morgan fingerprint density at radius 1 is 0.721 bits per heavy atom. The molecule has 0 saturated heterocycles. The Morgan fingerprint density at radius 2 is 1.37 bits per heavy atom. The maximum atomic E-state index is 12.5. The van der Waals surface area contributed by atoms with E-state index >= 15 is 0 Å². The molecule has 4 aromatic carbocycles. The predicted octanol–water partition coefficient (Wildman–Crippen LogP) is 7.44. The topological polar surface area (TPSA) is 65.1 Å². The van der Waals surface area contributed by atoms with Gasteiger partial charge in [0.1, 0.15) is 19.1 Å². The summed E-state index contributed by atoms with van der Waals surface area (Å²) in [6.45, 7) is 1.99. The van der Waals surface area contributed by atoms with Gasteiger partial charge in [0.15, 0.2) is 0 Å². The third-order valence-electron chi connectivity index (χ3n) is 7.03. The van der Waals surface area contributed by atoms with Crippen LogP contribution in [0.1, 0.15) is 51.9 Å². The molecule has 4 rings (SSSR count). The third kappa shape index (κ3) is 10.9. The summed E-state index contributed by atoms with van der Waals surface area (Å²) in [4.78, 5) is 26.2. The van der Waals surface area contributed by atoms with Crippen molar-refractivity contribution < 1.29 is 23.8 Å². The summed E-state index contributed by atoms with van der Waals surface area (Å²) in [5.74, 6) is 0.263. The lowest BCUT2D eigenvalue weighted by Gasteiger charge is -2.22. The van der Waals surface area contributed by atoms with Crippen LogP contribution in [0.25, 0.3) is 12.2 Å². The van der Waals surface area contributed by atoms with Crippen LogP contribution in [0, 0.1) is 0 Å². The molecule has 4 aromatic rings. The zero-order valence-electron chi connectivity index (χ0n) is 24.7. The van der Waals surface area contributed by atoms with Gasteiger partial charge >= 0.3 is 11.9 Å². The molecule has 0 atom stereocenters. The summed E-state index contributed by atoms with van der Waals surface area (Å²) in [5.41, 5.74) is 4.99. The van der Waals surface area contributed by atoms with Crippen molar-refractivity contribution in [3.05, 3.63) is 137 Å². The highest BCUT2D eigenvalue weighted by molar-refractivity contribution is 5.89. The van der Waals surface area contributed by atoms with Gasteiger partial charge in [-0.15, -0.1) is 0 Å². The fourth-order valence-electron chi connectivity index (χ4n) is 4.53. The molecule has 0 saturated carbocycles. The summed E-state index contributed by atoms with van der Waals surface area (Å²) in [7, 11) is 1.40. The molecule has 43 heavy (non-hydrogen) atoms. The van der Waals surface area contributed by atoms with Crippen LogP contribution in [0.2, 0.25) is 0 Å². The van der Waals surface area contributed by atoms with Crippen LogP contribution in [0.15, 0.2) is 109 Å². The molecule has 0 amide bonds. The van der Waals surface area contributed by atoms with E-state index in [9.17, 15) is 9.59 Å². The monoisotopic (exact) mass is 577 g/mol. The molecule has 0 bridgehead atoms. The van der Waals surface area contributed by atoms with Crippen LogP contribution in [0.3, 0.4) is 0 Å². The van der Waals surface area contributed by atoms with Crippen molar-refractivity contribution in [3.63, 3.8) is 0 Å². The van der Waals surface area contributed by atoms with Crippen LogP contribution in [0.5, 0.6) is 5.75 Å². The second kappa shape index (κ2) is 17.3. The van der Waals surface area contributed by atoms with E-state index < -0.39 is 0 Å². The van der Waals surface area contributed by atoms with Gasteiger partial charge in [-0.25, -0.2) is 4.79 Å². The minimum Gasteiger partial charge on any atom is -0.489 e. The molecule has 0 aliphatic rings. The number of carbonyl (C=O) groups is 2. The van der Waals surface area contributed by atoms with Crippen LogP contribution < -0.4 is 4.74 Å². The first kappa shape index (κ1) is 31.3. The van der Waals surface area contributed by atoms with Gasteiger partial charge < -0.3 is 14.2 Å². The van der Waals surface area contributed by atoms with Crippen molar-refractivity contribution in [1.29, 1.82) is 0 Å². The molecule has 0 spiro atoms. The molecule has 0 unspecified atom stereocenters. The molecule has 0 aliphatic carbocycles. The number of hydrogen-bond acceptors (Lipinski definition) is 6. The second-order valence-corrected chi connectivity index (χ2v) is 10.2. The van der Waals surface area contributed by atoms with Crippen molar-refractivity contribution in [3.8, 4) is 5.75 Å². The Labute approximate surface area is 254 Å². The largest absolute Gasteiger partial charge is 0.489 e. The van der Waals surface area contributed by atoms with Crippen molar-refractivity contribution >= 4 is 24.1 Å². The van der Waals surface area contributed by atoms with Crippen molar-refractivity contribution in [2.24, 2.45) is 0 Å². The Morgan fingerprint density at radius 3 is 2.09 bits per heavy atom. The molecule has 0 aromatic heterocycles. The minimum absolute atomic E-state index is 0.167. The van der Waals surface area contributed by atoms with E-state index in [1.54, 1.807) is 12.1 Å². The van der Waals surface area contributed by atoms with Crippen LogP contribution in [-0.2, 0) is 27.3 Å². The number of benzene rings is 4. The standard InChI is InChI=1S/C37H39NO5/c1-41-36(39)18-10-11-26-38(29-43-37(40)34-15-6-3-7-16-34)27-25-33-14-8-9-17-35(33)42-28-32-23-21-31(22-24-32)20-19-30-12-4-2-5-13-30/h2-9,12-17,19-24H,10-11,18,25-29H2,1H3/b20-19+. The predicted molar refractivity (Wildman–Crippen MR) is 170 cm³/mol. The van der Waals surface area contributed by atoms with E-state index in [1.807, 2.05) is 54.6 Å². The zero-order valence-corrected chi connectivity index (χ0v) is 24.7. The van der Waals surface area contributed by atoms with E-state index in [1.165, 1.54) is 12.7 Å². The maximum Gasteiger partial charge on any atom is 0.339 e. The zero-order chi connectivity index (χ0) is 30.1. The lowest BCUT2D eigenvalue weighted by atomic mass is 10.1. The van der Waals surface area contributed by atoms with Crippen molar-refractivity contribution in [2.75, 3.05) is 26.9 Å². The Kier molecular flexibility index (Phi) is 12.6. The smallest absolute Gasteiger partial charge is 0.339 e. The first-order valence-corrected chi connectivity index (χ1v) is 14.6. The van der Waals surface area contributed by atoms with Crippen LogP contribution in [-0.4, -0.2) is 43.8 Å². The van der Waals surface area contributed by atoms with Crippen molar-refractivity contribution in [1.82, 2.24) is 4.90 Å². The van der Waals surface area contributed by atoms with E-state index in [0.29, 0.717) is 38.1 Å². The molecule has 0 fully saturated rings. The van der Waals surface area contributed by atoms with E-state index in [4.69, 9.17) is 14.2 Å². The summed E-state index contributed by atoms with van der Waals surface area (Å²) >= 11 is 0. The van der Waals surface area contributed by atoms with Crippen LogP contribution >= 0.6 is 0 Å². The SMILES string of the molecule is COC(=O)CCCCN(CCc1ccccc1OCc1ccc(/C=C/c2ccccc2)cc1)COC(=O)c1ccccc1. The number of esters is 2. The number of para-hydroxylation sites is 1. The van der Waals surface area contributed by atoms with Gasteiger partial charge in [0, 0.05) is 19.5 Å². The lowest BCUT2D eigenvalue weighted by molar-refractivity contribution is -0.140. The summed E-state index contributed by atoms with van der Waals surface area (Å²) in [6.07, 6.45) is 6.79. The third-order valence-corrected chi connectivity index (χ3v) is 7.03. The number of hydrogen-bond donors (Lipinski definition) is 0. The fraction of sp³-hybridized carbons (Fsp3) is 0.243. The summed E-state index contributed by atoms with van der Waals surface area (Å²) in [5, 5.41) is 0. The highest BCUT2D eigenvalue weighted by Gasteiger charge is 2.13. The average molecular weight is 578 g/mol. The van der Waals surface area contributed by atoms with Gasteiger partial charge in [-0.05, 0) is 59.7 Å². The average Bonchev–Trinajstić information content (AvgIpc) is 3.07. The summed E-state index contributed by atoms with van der Waals surface area (Å²) in [6, 6.07) is 35.6. The molecule has 0 N–H and O–H groups in total. The van der Waals surface area contributed by atoms with Gasteiger partial charge in [-0.2, -0.15) is 0 Å². The fourth-order valence-corrected chi connectivity index (χ4v) is 4.53. The van der Waals surface area contributed by atoms with Gasteiger partial charge in [0.25, 0.3) is 0 Å². The quantitative estimate of drug-likeness (QED) is 0.0597. The van der Waals surface area contributed by atoms with Gasteiger partial charge in [0.2, 0.25) is 0 Å². The Balaban J connectivity index is 1.32. The molecule has 222 valence electrons. The molecular formula is C37H39NO5. The van der Waals surface area contributed by atoms with Crippen LogP contribution in [0.4, 0.5) is 0 Å². The highest BCUT2D eigenvalue weighted by Crippen LogP contribution is 2.21. The second-order valence-electron chi connectivity index (χ2n) is 10.2.